The molecule has 2 N–H and O–H groups in total. The van der Waals surface area contributed by atoms with E-state index in [2.05, 4.69) is 9.97 Å². The minimum absolute atomic E-state index is 0.441. The number of hydrogen-bond acceptors (Lipinski definition) is 5. The second-order valence-electron chi connectivity index (χ2n) is 5.65. The number of thioether (sulfide) groups is 1. The Morgan fingerprint density at radius 1 is 1.08 bits per heavy atom. The Bertz CT molecular complexity index is 1090. The maximum atomic E-state index is 11.3. The van der Waals surface area contributed by atoms with Gasteiger partial charge in [0.25, 0.3) is 0 Å². The third-order valence-corrected chi connectivity index (χ3v) is 4.76. The molecule has 3 heterocycles. The molecule has 4 aromatic rings. The summed E-state index contributed by atoms with van der Waals surface area (Å²) in [7, 11) is 0. The monoisotopic (exact) mass is 361 g/mol. The summed E-state index contributed by atoms with van der Waals surface area (Å²) in [6.07, 6.45) is 9.25. The lowest BCUT2D eigenvalue weighted by molar-refractivity contribution is 0.100. The van der Waals surface area contributed by atoms with Gasteiger partial charge in [-0.2, -0.15) is 0 Å². The molecule has 1 aromatic carbocycles. The van der Waals surface area contributed by atoms with Gasteiger partial charge in [0.15, 0.2) is 5.65 Å². The first-order valence-corrected chi connectivity index (χ1v) is 9.12. The summed E-state index contributed by atoms with van der Waals surface area (Å²) >= 11 is 1.55. The number of nitrogens with zero attached hydrogens (tertiary/aromatic N) is 4. The van der Waals surface area contributed by atoms with Crippen LogP contribution in [0, 0.1) is 0 Å². The van der Waals surface area contributed by atoms with E-state index in [1.54, 1.807) is 36.3 Å². The van der Waals surface area contributed by atoms with Gasteiger partial charge < -0.3 is 5.73 Å². The predicted molar refractivity (Wildman–Crippen MR) is 102 cm³/mol. The first kappa shape index (κ1) is 16.3. The van der Waals surface area contributed by atoms with Crippen molar-refractivity contribution in [3.63, 3.8) is 0 Å². The summed E-state index contributed by atoms with van der Waals surface area (Å²) in [6.45, 7) is 0. The number of aromatic nitrogens is 4. The third-order valence-electron chi connectivity index (χ3n) is 4.10. The highest BCUT2D eigenvalue weighted by Gasteiger charge is 2.13. The molecule has 0 fully saturated rings. The van der Waals surface area contributed by atoms with E-state index in [1.807, 2.05) is 47.3 Å². The Morgan fingerprint density at radius 3 is 2.46 bits per heavy atom. The first-order valence-electron chi connectivity index (χ1n) is 7.90. The van der Waals surface area contributed by atoms with Crippen LogP contribution in [0.2, 0.25) is 0 Å². The average molecular weight is 361 g/mol. The van der Waals surface area contributed by atoms with E-state index >= 15 is 0 Å². The Morgan fingerprint density at radius 2 is 1.81 bits per heavy atom. The van der Waals surface area contributed by atoms with Gasteiger partial charge in [-0.25, -0.2) is 9.97 Å². The fourth-order valence-corrected chi connectivity index (χ4v) is 3.30. The van der Waals surface area contributed by atoms with Crippen molar-refractivity contribution in [3.05, 3.63) is 66.7 Å². The molecule has 0 radical (unpaired) electrons. The summed E-state index contributed by atoms with van der Waals surface area (Å²) in [4.78, 5) is 24.6. The van der Waals surface area contributed by atoms with Crippen molar-refractivity contribution in [1.29, 1.82) is 0 Å². The van der Waals surface area contributed by atoms with Crippen LogP contribution in [0.15, 0.2) is 66.2 Å². The van der Waals surface area contributed by atoms with Crippen LogP contribution in [-0.4, -0.2) is 31.5 Å². The lowest BCUT2D eigenvalue weighted by atomic mass is 10.1. The summed E-state index contributed by atoms with van der Waals surface area (Å²) in [5, 5.41) is 0.847. The van der Waals surface area contributed by atoms with Crippen molar-refractivity contribution in [3.8, 4) is 22.5 Å². The van der Waals surface area contributed by atoms with Crippen LogP contribution >= 0.6 is 11.8 Å². The van der Waals surface area contributed by atoms with Crippen molar-refractivity contribution < 1.29 is 4.79 Å². The van der Waals surface area contributed by atoms with Crippen LogP contribution in [0.25, 0.3) is 28.2 Å². The topological polar surface area (TPSA) is 86.2 Å². The van der Waals surface area contributed by atoms with Gasteiger partial charge >= 0.3 is 0 Å². The van der Waals surface area contributed by atoms with E-state index < -0.39 is 5.91 Å². The number of primary amides is 1. The Kier molecular flexibility index (Phi) is 4.14. The number of amides is 1. The van der Waals surface area contributed by atoms with Crippen LogP contribution in [0.5, 0.6) is 0 Å². The third kappa shape index (κ3) is 2.82. The molecule has 3 aromatic heterocycles. The normalized spacial score (nSPS) is 11.0. The molecule has 0 unspecified atom stereocenters. The van der Waals surface area contributed by atoms with Crippen LogP contribution in [0.1, 0.15) is 10.4 Å². The Balaban J connectivity index is 1.90. The van der Waals surface area contributed by atoms with Crippen LogP contribution in [0.3, 0.4) is 0 Å². The summed E-state index contributed by atoms with van der Waals surface area (Å²) in [5.74, 6) is -0.441. The minimum Gasteiger partial charge on any atom is -0.366 e. The molecular weight excluding hydrogens is 346 g/mol. The number of carbonyl (C=O) groups is 1. The van der Waals surface area contributed by atoms with Crippen molar-refractivity contribution in [2.75, 3.05) is 6.26 Å². The van der Waals surface area contributed by atoms with Crippen molar-refractivity contribution in [2.45, 2.75) is 5.03 Å². The van der Waals surface area contributed by atoms with Gasteiger partial charge in [0, 0.05) is 35.3 Å². The lowest BCUT2D eigenvalue weighted by Crippen LogP contribution is -2.10. The standard InChI is InChI=1S/C19H15N5OS/c1-26-19-18-22-10-16(13-2-4-14(5-3-13)17(20)25)24(18)11-15(23-19)12-6-8-21-9-7-12/h2-11H,1H3,(H2,20,25). The number of imidazole rings is 1. The molecule has 0 spiro atoms. The molecule has 0 bridgehead atoms. The fraction of sp³-hybridized carbons (Fsp3) is 0.0526. The molecule has 0 aliphatic heterocycles. The fourth-order valence-electron chi connectivity index (χ4n) is 2.78. The predicted octanol–water partition coefficient (Wildman–Crippen LogP) is 3.28. The van der Waals surface area contributed by atoms with E-state index in [0.717, 1.165) is 33.2 Å². The highest BCUT2D eigenvalue weighted by Crippen LogP contribution is 2.28. The van der Waals surface area contributed by atoms with Crippen LogP contribution in [0.4, 0.5) is 0 Å². The second kappa shape index (κ2) is 6.61. The molecule has 0 aliphatic rings. The lowest BCUT2D eigenvalue weighted by Gasteiger charge is -2.08. The van der Waals surface area contributed by atoms with Crippen molar-refractivity contribution in [1.82, 2.24) is 19.4 Å². The van der Waals surface area contributed by atoms with Gasteiger partial charge in [-0.1, -0.05) is 12.1 Å². The van der Waals surface area contributed by atoms with Gasteiger partial charge in [-0.3, -0.25) is 14.2 Å². The van der Waals surface area contributed by atoms with E-state index in [9.17, 15) is 4.79 Å². The molecule has 7 heteroatoms. The maximum absolute atomic E-state index is 11.3. The largest absolute Gasteiger partial charge is 0.366 e. The Hall–Kier alpha value is -3.19. The molecule has 4 rings (SSSR count). The van der Waals surface area contributed by atoms with Crippen molar-refractivity contribution in [2.24, 2.45) is 5.73 Å². The van der Waals surface area contributed by atoms with Crippen LogP contribution < -0.4 is 5.73 Å². The quantitative estimate of drug-likeness (QED) is 0.564. The van der Waals surface area contributed by atoms with Crippen LogP contribution in [-0.2, 0) is 0 Å². The second-order valence-corrected chi connectivity index (χ2v) is 6.44. The first-order chi connectivity index (χ1) is 12.7. The minimum atomic E-state index is -0.441. The molecule has 1 amide bonds. The molecule has 0 atom stereocenters. The number of nitrogens with two attached hydrogens (primary N) is 1. The molecule has 0 saturated heterocycles. The van der Waals surface area contributed by atoms with E-state index in [-0.39, 0.29) is 0 Å². The van der Waals surface area contributed by atoms with Gasteiger partial charge in [-0.05, 0) is 30.5 Å². The molecule has 26 heavy (non-hydrogen) atoms. The van der Waals surface area contributed by atoms with Crippen molar-refractivity contribution >= 4 is 23.3 Å². The highest BCUT2D eigenvalue weighted by molar-refractivity contribution is 7.98. The maximum Gasteiger partial charge on any atom is 0.248 e. The smallest absolute Gasteiger partial charge is 0.248 e. The summed E-state index contributed by atoms with van der Waals surface area (Å²) in [6, 6.07) is 11.0. The van der Waals surface area contributed by atoms with Gasteiger partial charge in [0.05, 0.1) is 17.6 Å². The molecule has 0 aliphatic carbocycles. The number of fused-ring (bicyclic) bond motifs is 1. The molecular formula is C19H15N5OS. The summed E-state index contributed by atoms with van der Waals surface area (Å²) < 4.78 is 2.02. The zero-order valence-electron chi connectivity index (χ0n) is 14.0. The van der Waals surface area contributed by atoms with E-state index in [0.29, 0.717) is 5.56 Å². The zero-order chi connectivity index (χ0) is 18.1. The number of benzene rings is 1. The number of hydrogen-bond donors (Lipinski definition) is 1. The zero-order valence-corrected chi connectivity index (χ0v) is 14.8. The van der Waals surface area contributed by atoms with Gasteiger partial charge in [0.1, 0.15) is 5.03 Å². The molecule has 6 nitrogen and oxygen atoms in total. The average Bonchev–Trinajstić information content (AvgIpc) is 3.12. The summed E-state index contributed by atoms with van der Waals surface area (Å²) in [5.41, 5.74) is 10.3. The van der Waals surface area contributed by atoms with Gasteiger partial charge in [0.2, 0.25) is 5.91 Å². The van der Waals surface area contributed by atoms with Gasteiger partial charge in [-0.15, -0.1) is 11.8 Å². The Labute approximate surface area is 154 Å². The molecule has 0 saturated carbocycles. The molecule has 128 valence electrons. The van der Waals surface area contributed by atoms with E-state index in [1.165, 1.54) is 0 Å². The van der Waals surface area contributed by atoms with E-state index in [4.69, 9.17) is 10.7 Å². The number of rotatable bonds is 4. The number of carbonyl (C=O) groups excluding carboxylic acids is 1. The highest BCUT2D eigenvalue weighted by atomic mass is 32.2. The number of pyridine rings is 1. The SMILES string of the molecule is CSc1nc(-c2ccncc2)cn2c(-c3ccc(C(N)=O)cc3)cnc12.